The first-order valence-corrected chi connectivity index (χ1v) is 10.8. The Kier molecular flexibility index (Phi) is 5.40. The van der Waals surface area contributed by atoms with E-state index in [1.807, 2.05) is 38.1 Å². The molecule has 0 bridgehead atoms. The Morgan fingerprint density at radius 1 is 1.18 bits per heavy atom. The Labute approximate surface area is 169 Å². The van der Waals surface area contributed by atoms with Crippen molar-refractivity contribution in [2.45, 2.75) is 62.1 Å². The van der Waals surface area contributed by atoms with E-state index in [-0.39, 0.29) is 23.1 Å². The Balaban J connectivity index is 1.70. The largest absolute Gasteiger partial charge is 0.324 e. The zero-order valence-electron chi connectivity index (χ0n) is 16.3. The first kappa shape index (κ1) is 19.0. The van der Waals surface area contributed by atoms with E-state index in [1.54, 1.807) is 16.8 Å². The van der Waals surface area contributed by atoms with Gasteiger partial charge in [0.05, 0.1) is 17.0 Å². The van der Waals surface area contributed by atoms with Crippen molar-refractivity contribution >= 4 is 29.3 Å². The number of nitrogens with one attached hydrogen (secondary N) is 1. The zero-order chi connectivity index (χ0) is 19.7. The second-order valence-corrected chi connectivity index (χ2v) is 9.00. The number of aryl methyl sites for hydroxylation is 1. The molecule has 1 amide bonds. The van der Waals surface area contributed by atoms with Gasteiger partial charge in [-0.1, -0.05) is 19.3 Å². The molecule has 0 radical (unpaired) electrons. The van der Waals surface area contributed by atoms with Crippen molar-refractivity contribution in [3.63, 3.8) is 0 Å². The van der Waals surface area contributed by atoms with Gasteiger partial charge >= 0.3 is 0 Å². The molecule has 0 spiro atoms. The summed E-state index contributed by atoms with van der Waals surface area (Å²) < 4.78 is 1.63. The van der Waals surface area contributed by atoms with Crippen molar-refractivity contribution in [1.82, 2.24) is 4.57 Å². The van der Waals surface area contributed by atoms with Gasteiger partial charge in [-0.25, -0.2) is 0 Å². The molecule has 1 N–H and O–H groups in total. The number of carbonyl (C=O) groups is 2. The van der Waals surface area contributed by atoms with Crippen LogP contribution in [0.3, 0.4) is 0 Å². The first-order valence-electron chi connectivity index (χ1n) is 9.91. The molecule has 4 rings (SSSR count). The Morgan fingerprint density at radius 3 is 2.75 bits per heavy atom. The molecule has 1 atom stereocenters. The van der Waals surface area contributed by atoms with Crippen LogP contribution < -0.4 is 10.8 Å². The summed E-state index contributed by atoms with van der Waals surface area (Å²) in [6.07, 6.45) is 7.65. The lowest BCUT2D eigenvalue weighted by Gasteiger charge is -2.22. The Bertz CT molecular complexity index is 990. The van der Waals surface area contributed by atoms with Gasteiger partial charge in [-0.05, 0) is 62.6 Å². The van der Waals surface area contributed by atoms with Crippen LogP contribution in [0.5, 0.6) is 0 Å². The molecule has 0 saturated heterocycles. The normalized spacial score (nSPS) is 20.6. The van der Waals surface area contributed by atoms with Crippen LogP contribution in [-0.4, -0.2) is 27.7 Å². The van der Waals surface area contributed by atoms with E-state index >= 15 is 0 Å². The fourth-order valence-corrected chi connectivity index (χ4v) is 4.67. The standard InChI is InChI=1S/C22H25N3O2S/c1-14-10-11-25(20(12-14)23-17-6-4-3-5-7-17)22(27)16-8-9-19-18(13-16)24-21(26)15(2)28-19/h8-13,15,17H,3-7H2,1-2H3,(H,24,26). The number of nitrogens with zero attached hydrogens (tertiary/aromatic N) is 2. The van der Waals surface area contributed by atoms with E-state index in [0.717, 1.165) is 23.3 Å². The molecular formula is C22H25N3O2S. The van der Waals surface area contributed by atoms with Crippen LogP contribution in [0, 0.1) is 6.92 Å². The molecule has 1 unspecified atom stereocenters. The molecular weight excluding hydrogens is 370 g/mol. The molecule has 1 aliphatic carbocycles. The average molecular weight is 396 g/mol. The maximum atomic E-state index is 13.2. The molecule has 28 heavy (non-hydrogen) atoms. The maximum absolute atomic E-state index is 13.2. The maximum Gasteiger partial charge on any atom is 0.263 e. The van der Waals surface area contributed by atoms with Crippen LogP contribution in [0.4, 0.5) is 5.69 Å². The second kappa shape index (κ2) is 7.95. The molecule has 2 heterocycles. The molecule has 1 fully saturated rings. The predicted molar refractivity (Wildman–Crippen MR) is 112 cm³/mol. The van der Waals surface area contributed by atoms with E-state index in [2.05, 4.69) is 5.32 Å². The minimum absolute atomic E-state index is 0.0296. The van der Waals surface area contributed by atoms with Crippen molar-refractivity contribution in [2.75, 3.05) is 5.32 Å². The molecule has 146 valence electrons. The monoisotopic (exact) mass is 395 g/mol. The fourth-order valence-electron chi connectivity index (χ4n) is 3.74. The van der Waals surface area contributed by atoms with Crippen LogP contribution in [0.15, 0.2) is 46.4 Å². The average Bonchev–Trinajstić information content (AvgIpc) is 2.69. The van der Waals surface area contributed by atoms with Crippen molar-refractivity contribution in [2.24, 2.45) is 4.99 Å². The van der Waals surface area contributed by atoms with E-state index in [9.17, 15) is 9.59 Å². The van der Waals surface area contributed by atoms with Crippen molar-refractivity contribution < 1.29 is 9.59 Å². The van der Waals surface area contributed by atoms with Crippen LogP contribution in [0.25, 0.3) is 0 Å². The van der Waals surface area contributed by atoms with Gasteiger partial charge in [-0.3, -0.25) is 19.1 Å². The first-order chi connectivity index (χ1) is 13.5. The number of aromatic nitrogens is 1. The van der Waals surface area contributed by atoms with Gasteiger partial charge in [-0.2, -0.15) is 0 Å². The number of thioether (sulfide) groups is 1. The number of hydrogen-bond acceptors (Lipinski definition) is 4. The van der Waals surface area contributed by atoms with Crippen LogP contribution in [0.2, 0.25) is 0 Å². The number of carbonyl (C=O) groups excluding carboxylic acids is 2. The molecule has 1 aliphatic heterocycles. The Hall–Kier alpha value is -2.34. The van der Waals surface area contributed by atoms with E-state index in [0.29, 0.717) is 16.7 Å². The van der Waals surface area contributed by atoms with E-state index in [4.69, 9.17) is 4.99 Å². The lowest BCUT2D eigenvalue weighted by atomic mass is 9.96. The van der Waals surface area contributed by atoms with Gasteiger partial charge in [0, 0.05) is 16.7 Å². The molecule has 2 aromatic rings. The van der Waals surface area contributed by atoms with Crippen molar-refractivity contribution in [3.8, 4) is 0 Å². The smallest absolute Gasteiger partial charge is 0.263 e. The summed E-state index contributed by atoms with van der Waals surface area (Å²) in [5.74, 6) is -0.159. The highest BCUT2D eigenvalue weighted by Crippen LogP contribution is 2.36. The molecule has 5 nitrogen and oxygen atoms in total. The number of rotatable bonds is 2. The number of fused-ring (bicyclic) bond motifs is 1. The lowest BCUT2D eigenvalue weighted by Crippen LogP contribution is -2.30. The molecule has 2 aliphatic rings. The second-order valence-electron chi connectivity index (χ2n) is 7.62. The summed E-state index contributed by atoms with van der Waals surface area (Å²) in [5.41, 5.74) is 3.05. The molecule has 1 aromatic heterocycles. The number of benzene rings is 1. The molecule has 1 aromatic carbocycles. The van der Waals surface area contributed by atoms with Crippen LogP contribution in [-0.2, 0) is 4.79 Å². The predicted octanol–water partition coefficient (Wildman–Crippen LogP) is 4.15. The van der Waals surface area contributed by atoms with Gasteiger partial charge in [0.15, 0.2) is 0 Å². The number of amides is 1. The number of pyridine rings is 1. The van der Waals surface area contributed by atoms with E-state index < -0.39 is 0 Å². The van der Waals surface area contributed by atoms with Gasteiger partial charge in [0.25, 0.3) is 5.91 Å². The van der Waals surface area contributed by atoms with E-state index in [1.165, 1.54) is 31.0 Å². The molecule has 6 heteroatoms. The number of anilines is 1. The topological polar surface area (TPSA) is 63.5 Å². The summed E-state index contributed by atoms with van der Waals surface area (Å²) in [4.78, 5) is 31.1. The highest BCUT2D eigenvalue weighted by Gasteiger charge is 2.24. The highest BCUT2D eigenvalue weighted by atomic mass is 32.2. The summed E-state index contributed by atoms with van der Waals surface area (Å²) in [5, 5.41) is 2.78. The minimum atomic E-state index is -0.129. The quantitative estimate of drug-likeness (QED) is 0.831. The summed E-state index contributed by atoms with van der Waals surface area (Å²) in [6.45, 7) is 3.89. The van der Waals surface area contributed by atoms with Gasteiger partial charge in [0.1, 0.15) is 5.49 Å². The van der Waals surface area contributed by atoms with Crippen LogP contribution >= 0.6 is 11.8 Å². The van der Waals surface area contributed by atoms with Gasteiger partial charge < -0.3 is 5.32 Å². The lowest BCUT2D eigenvalue weighted by molar-refractivity contribution is -0.115. The number of hydrogen-bond donors (Lipinski definition) is 1. The van der Waals surface area contributed by atoms with Gasteiger partial charge in [-0.15, -0.1) is 11.8 Å². The Morgan fingerprint density at radius 2 is 1.96 bits per heavy atom. The SMILES string of the molecule is Cc1ccn(C(=O)c2ccc3c(c2)NC(=O)C(C)S3)c(=NC2CCCCC2)c1. The zero-order valence-corrected chi connectivity index (χ0v) is 17.1. The third-order valence-corrected chi connectivity index (χ3v) is 6.53. The van der Waals surface area contributed by atoms with Crippen molar-refractivity contribution in [3.05, 3.63) is 53.1 Å². The fraction of sp³-hybridized carbons (Fsp3) is 0.409. The minimum Gasteiger partial charge on any atom is -0.324 e. The third-order valence-electron chi connectivity index (χ3n) is 5.36. The highest BCUT2D eigenvalue weighted by molar-refractivity contribution is 8.00. The summed E-state index contributed by atoms with van der Waals surface area (Å²) in [6, 6.07) is 9.70. The third kappa shape index (κ3) is 3.92. The van der Waals surface area contributed by atoms with Gasteiger partial charge in [0.2, 0.25) is 5.91 Å². The summed E-state index contributed by atoms with van der Waals surface area (Å²) >= 11 is 1.52. The van der Waals surface area contributed by atoms with Crippen LogP contribution in [0.1, 0.15) is 54.9 Å². The molecule has 1 saturated carbocycles. The summed E-state index contributed by atoms with van der Waals surface area (Å²) in [7, 11) is 0. The van der Waals surface area contributed by atoms with Crippen molar-refractivity contribution in [1.29, 1.82) is 0 Å².